The first-order valence-electron chi connectivity index (χ1n) is 10.3. The average Bonchev–Trinajstić information content (AvgIpc) is 3.18. The fraction of sp³-hybridized carbons (Fsp3) is 0.308. The maximum Gasteiger partial charge on any atom is 0.381 e. The van der Waals surface area contributed by atoms with E-state index in [2.05, 4.69) is 48.4 Å². The smallest absolute Gasteiger partial charge is 0.381 e. The van der Waals surface area contributed by atoms with Crippen molar-refractivity contribution in [3.63, 3.8) is 0 Å². The predicted octanol–water partition coefficient (Wildman–Crippen LogP) is 6.35. The van der Waals surface area contributed by atoms with Crippen LogP contribution in [0.1, 0.15) is 36.1 Å². The molecule has 30 heavy (non-hydrogen) atoms. The molecule has 4 aromatic rings. The van der Waals surface area contributed by atoms with Gasteiger partial charge in [-0.1, -0.05) is 12.1 Å². The SMILES string of the molecule is [C-]#[N+]C(C)(C)Cc1c2c([n+](C)c3occc13)-c1c(C)c(C)cc3cc(C)cc(c13)O2. The standard InChI is InChI=1S/C26H25N2O2/c1-14-10-17-12-15(2)16(3)21-22(17)20(11-14)30-24-19(13-26(4,5)27-6)18-8-9-29-25(18)28(7)23(21)24/h8-12H,13H2,1-5,7H3/q+1. The Balaban J connectivity index is 1.98. The zero-order chi connectivity index (χ0) is 21.4. The molecule has 0 unspecified atom stereocenters. The van der Waals surface area contributed by atoms with Gasteiger partial charge in [-0.2, -0.15) is 4.57 Å². The highest BCUT2D eigenvalue weighted by Crippen LogP contribution is 2.50. The molecule has 0 spiro atoms. The summed E-state index contributed by atoms with van der Waals surface area (Å²) in [5.74, 6) is 1.73. The summed E-state index contributed by atoms with van der Waals surface area (Å²) >= 11 is 0. The second kappa shape index (κ2) is 6.09. The van der Waals surface area contributed by atoms with Crippen molar-refractivity contribution in [2.45, 2.75) is 46.6 Å². The molecule has 4 nitrogen and oxygen atoms in total. The maximum atomic E-state index is 7.66. The van der Waals surface area contributed by atoms with Crippen molar-refractivity contribution in [2.75, 3.05) is 0 Å². The molecule has 0 atom stereocenters. The highest BCUT2D eigenvalue weighted by Gasteiger charge is 2.38. The Morgan fingerprint density at radius 1 is 1.13 bits per heavy atom. The molecule has 0 saturated carbocycles. The van der Waals surface area contributed by atoms with E-state index in [0.717, 1.165) is 39.2 Å². The molecule has 0 saturated heterocycles. The first-order chi connectivity index (χ1) is 14.2. The van der Waals surface area contributed by atoms with Crippen molar-refractivity contribution in [1.82, 2.24) is 0 Å². The third-order valence-electron chi connectivity index (χ3n) is 6.33. The van der Waals surface area contributed by atoms with Crippen molar-refractivity contribution < 1.29 is 13.7 Å². The molecule has 0 radical (unpaired) electrons. The Bertz CT molecular complexity index is 1420. The van der Waals surface area contributed by atoms with Gasteiger partial charge in [0, 0.05) is 24.8 Å². The molecule has 2 aromatic heterocycles. The van der Waals surface area contributed by atoms with E-state index in [1.807, 2.05) is 27.0 Å². The van der Waals surface area contributed by atoms with Crippen LogP contribution in [0.4, 0.5) is 0 Å². The van der Waals surface area contributed by atoms with Crippen molar-refractivity contribution in [3.8, 4) is 22.8 Å². The maximum absolute atomic E-state index is 7.66. The molecular weight excluding hydrogens is 372 g/mol. The van der Waals surface area contributed by atoms with Crippen molar-refractivity contribution in [1.29, 1.82) is 0 Å². The number of benzene rings is 2. The van der Waals surface area contributed by atoms with Gasteiger partial charge in [0.25, 0.3) is 5.69 Å². The summed E-state index contributed by atoms with van der Waals surface area (Å²) in [6.45, 7) is 18.1. The lowest BCUT2D eigenvalue weighted by Crippen LogP contribution is -2.34. The number of aryl methyl sites for hydroxylation is 3. The Hall–Kier alpha value is -3.32. The number of ether oxygens (including phenoxy) is 1. The Morgan fingerprint density at radius 2 is 1.90 bits per heavy atom. The number of hydrogen-bond donors (Lipinski definition) is 0. The second-order valence-electron chi connectivity index (χ2n) is 9.11. The number of nitrogens with zero attached hydrogens (tertiary/aromatic N) is 2. The summed E-state index contributed by atoms with van der Waals surface area (Å²) in [5.41, 5.74) is 7.20. The third kappa shape index (κ3) is 2.48. The molecule has 0 N–H and O–H groups in total. The number of rotatable bonds is 2. The van der Waals surface area contributed by atoms with Crippen LogP contribution in [0.15, 0.2) is 34.9 Å². The Morgan fingerprint density at radius 3 is 2.63 bits per heavy atom. The van der Waals surface area contributed by atoms with Gasteiger partial charge < -0.3 is 14.0 Å². The summed E-state index contributed by atoms with van der Waals surface area (Å²) in [4.78, 5) is 3.86. The Labute approximate surface area is 176 Å². The fourth-order valence-electron chi connectivity index (χ4n) is 4.72. The number of pyridine rings is 1. The van der Waals surface area contributed by atoms with Gasteiger partial charge in [-0.3, -0.25) is 0 Å². The van der Waals surface area contributed by atoms with E-state index >= 15 is 0 Å². The minimum absolute atomic E-state index is 0.537. The summed E-state index contributed by atoms with van der Waals surface area (Å²) in [6, 6.07) is 8.57. The zero-order valence-corrected chi connectivity index (χ0v) is 18.3. The van der Waals surface area contributed by atoms with Gasteiger partial charge in [-0.15, -0.1) is 0 Å². The van der Waals surface area contributed by atoms with Crippen LogP contribution in [0.2, 0.25) is 0 Å². The summed E-state index contributed by atoms with van der Waals surface area (Å²) in [5, 5.41) is 3.34. The van der Waals surface area contributed by atoms with Crippen LogP contribution in [-0.4, -0.2) is 5.54 Å². The molecule has 5 rings (SSSR count). The van der Waals surface area contributed by atoms with E-state index < -0.39 is 5.54 Å². The van der Waals surface area contributed by atoms with Gasteiger partial charge in [0.1, 0.15) is 12.8 Å². The summed E-state index contributed by atoms with van der Waals surface area (Å²) in [6.07, 6.45) is 2.31. The molecular formula is C26H25N2O2+. The largest absolute Gasteiger partial charge is 0.449 e. The molecule has 0 fully saturated rings. The lowest BCUT2D eigenvalue weighted by atomic mass is 9.87. The Kier molecular flexibility index (Phi) is 3.79. The monoisotopic (exact) mass is 397 g/mol. The van der Waals surface area contributed by atoms with Crippen molar-refractivity contribution in [3.05, 3.63) is 64.2 Å². The van der Waals surface area contributed by atoms with E-state index in [-0.39, 0.29) is 0 Å². The van der Waals surface area contributed by atoms with E-state index in [0.29, 0.717) is 6.42 Å². The number of furan rings is 1. The molecule has 1 aliphatic heterocycles. The lowest BCUT2D eigenvalue weighted by molar-refractivity contribution is -0.640. The lowest BCUT2D eigenvalue weighted by Gasteiger charge is -2.25. The summed E-state index contributed by atoms with van der Waals surface area (Å²) < 4.78 is 14.6. The molecule has 0 aliphatic carbocycles. The normalized spacial score (nSPS) is 12.7. The van der Waals surface area contributed by atoms with E-state index in [1.54, 1.807) is 6.26 Å². The van der Waals surface area contributed by atoms with Crippen LogP contribution in [0.3, 0.4) is 0 Å². The van der Waals surface area contributed by atoms with Crippen LogP contribution in [0.25, 0.3) is 38.0 Å². The van der Waals surface area contributed by atoms with Gasteiger partial charge >= 0.3 is 5.71 Å². The first kappa shape index (κ1) is 18.7. The highest BCUT2D eigenvalue weighted by molar-refractivity contribution is 6.06. The van der Waals surface area contributed by atoms with E-state index in [4.69, 9.17) is 15.7 Å². The molecule has 0 amide bonds. The van der Waals surface area contributed by atoms with Crippen LogP contribution in [0, 0.1) is 27.3 Å². The molecule has 3 heterocycles. The van der Waals surface area contributed by atoms with E-state index in [9.17, 15) is 0 Å². The molecule has 4 heteroatoms. The topological polar surface area (TPSA) is 30.6 Å². The van der Waals surface area contributed by atoms with Gasteiger partial charge in [0.05, 0.1) is 23.6 Å². The highest BCUT2D eigenvalue weighted by atomic mass is 16.5. The van der Waals surface area contributed by atoms with Gasteiger partial charge in [-0.05, 0) is 55.0 Å². The minimum Gasteiger partial charge on any atom is -0.449 e. The average molecular weight is 397 g/mol. The number of fused-ring (bicyclic) bond motifs is 3. The number of hydrogen-bond acceptors (Lipinski definition) is 2. The first-order valence-corrected chi connectivity index (χ1v) is 10.3. The van der Waals surface area contributed by atoms with Crippen LogP contribution >= 0.6 is 0 Å². The number of aromatic nitrogens is 1. The molecule has 0 bridgehead atoms. The van der Waals surface area contributed by atoms with Gasteiger partial charge in [0.2, 0.25) is 11.3 Å². The van der Waals surface area contributed by atoms with Crippen molar-refractivity contribution >= 4 is 21.9 Å². The molecule has 2 aromatic carbocycles. The van der Waals surface area contributed by atoms with Crippen LogP contribution in [0.5, 0.6) is 11.5 Å². The van der Waals surface area contributed by atoms with Gasteiger partial charge in [0.15, 0.2) is 0 Å². The van der Waals surface area contributed by atoms with E-state index in [1.165, 1.54) is 27.6 Å². The van der Waals surface area contributed by atoms with Crippen molar-refractivity contribution in [2.24, 2.45) is 7.05 Å². The van der Waals surface area contributed by atoms with Gasteiger partial charge in [-0.25, -0.2) is 6.57 Å². The second-order valence-corrected chi connectivity index (χ2v) is 9.11. The minimum atomic E-state index is -0.537. The fourth-order valence-corrected chi connectivity index (χ4v) is 4.72. The molecule has 1 aliphatic rings. The molecule has 150 valence electrons. The van der Waals surface area contributed by atoms with Crippen LogP contribution < -0.4 is 9.30 Å². The van der Waals surface area contributed by atoms with Crippen LogP contribution in [-0.2, 0) is 13.5 Å². The predicted molar refractivity (Wildman–Crippen MR) is 119 cm³/mol. The zero-order valence-electron chi connectivity index (χ0n) is 18.3. The third-order valence-corrected chi connectivity index (χ3v) is 6.33. The summed E-state index contributed by atoms with van der Waals surface area (Å²) in [7, 11) is 2.03. The quantitative estimate of drug-likeness (QED) is 0.257.